The molecule has 4 heterocycles. The molecule has 10 nitrogen and oxygen atoms in total. The maximum Gasteiger partial charge on any atom is 0.275 e. The van der Waals surface area contributed by atoms with Crippen LogP contribution in [0, 0.1) is 23.3 Å². The second-order valence-corrected chi connectivity index (χ2v) is 10.0. The van der Waals surface area contributed by atoms with Crippen LogP contribution in [0.15, 0.2) is 18.3 Å². The van der Waals surface area contributed by atoms with Crippen molar-refractivity contribution >= 4 is 40.5 Å². The van der Waals surface area contributed by atoms with Gasteiger partial charge in [-0.15, -0.1) is 4.52 Å². The number of halogens is 1. The van der Waals surface area contributed by atoms with Crippen LogP contribution in [0.1, 0.15) is 36.8 Å². The van der Waals surface area contributed by atoms with E-state index in [0.29, 0.717) is 51.6 Å². The monoisotopic (exact) mass is 489 g/mol. The number of anilines is 3. The summed E-state index contributed by atoms with van der Waals surface area (Å²) >= 11 is 6.83. The molecule has 3 aromatic rings. The Morgan fingerprint density at radius 1 is 1.29 bits per heavy atom. The first-order valence-corrected chi connectivity index (χ1v) is 12.1. The highest BCUT2D eigenvalue weighted by atomic mass is 35.5. The number of likely N-dealkylation sites (tertiary alicyclic amines) is 1. The van der Waals surface area contributed by atoms with Gasteiger partial charge in [0, 0.05) is 18.0 Å². The Balaban J connectivity index is 1.29. The molecule has 1 spiro atoms. The summed E-state index contributed by atoms with van der Waals surface area (Å²) in [5, 5.41) is 21.2. The van der Waals surface area contributed by atoms with E-state index in [-0.39, 0.29) is 5.95 Å². The van der Waals surface area contributed by atoms with Crippen molar-refractivity contribution in [2.45, 2.75) is 38.3 Å². The number of imidazole rings is 1. The number of piperidine rings is 1. The minimum Gasteiger partial charge on any atom is -0.380 e. The molecule has 1 aromatic carbocycles. The third-order valence-corrected chi connectivity index (χ3v) is 7.47. The molecule has 11 heteroatoms. The summed E-state index contributed by atoms with van der Waals surface area (Å²) in [5.41, 5.74) is 2.82. The lowest BCUT2D eigenvalue weighted by Gasteiger charge is -2.47. The molecule has 3 fully saturated rings. The van der Waals surface area contributed by atoms with Crippen LogP contribution in [0.4, 0.5) is 23.3 Å². The lowest BCUT2D eigenvalue weighted by molar-refractivity contribution is -0.140. The Morgan fingerprint density at radius 2 is 2.09 bits per heavy atom. The summed E-state index contributed by atoms with van der Waals surface area (Å²) in [6, 6.07) is 6.14. The maximum atomic E-state index is 9.65. The number of aromatic nitrogens is 4. The Labute approximate surface area is 207 Å². The van der Waals surface area contributed by atoms with E-state index in [9.17, 15) is 5.26 Å². The molecule has 35 heavy (non-hydrogen) atoms. The van der Waals surface area contributed by atoms with Crippen molar-refractivity contribution in [2.24, 2.45) is 5.41 Å². The molecule has 3 aliphatic rings. The summed E-state index contributed by atoms with van der Waals surface area (Å²) in [5.74, 6) is 1.13. The number of nitriles is 1. The third-order valence-electron chi connectivity index (χ3n) is 7.03. The predicted octanol–water partition coefficient (Wildman–Crippen LogP) is 4.13. The first-order chi connectivity index (χ1) is 17.1. The highest BCUT2D eigenvalue weighted by Gasteiger charge is 2.41. The van der Waals surface area contributed by atoms with Gasteiger partial charge in [0.25, 0.3) is 17.4 Å². The first-order valence-electron chi connectivity index (χ1n) is 11.8. The van der Waals surface area contributed by atoms with E-state index < -0.39 is 0 Å². The van der Waals surface area contributed by atoms with E-state index in [1.807, 2.05) is 6.07 Å². The van der Waals surface area contributed by atoms with Gasteiger partial charge in [0.2, 0.25) is 0 Å². The number of ether oxygens (including phenoxy) is 1. The van der Waals surface area contributed by atoms with Crippen LogP contribution >= 0.6 is 11.6 Å². The van der Waals surface area contributed by atoms with Gasteiger partial charge in [0.05, 0.1) is 41.8 Å². The summed E-state index contributed by atoms with van der Waals surface area (Å²) in [6.45, 7) is 11.8. The summed E-state index contributed by atoms with van der Waals surface area (Å²) < 4.78 is 6.91. The van der Waals surface area contributed by atoms with Crippen molar-refractivity contribution in [3.63, 3.8) is 0 Å². The fourth-order valence-electron chi connectivity index (χ4n) is 4.70. The van der Waals surface area contributed by atoms with E-state index in [4.69, 9.17) is 22.9 Å². The minimum atomic E-state index is 0.274. The number of rotatable bonds is 6. The third kappa shape index (κ3) is 4.25. The SMILES string of the molecule is [C-]#[N+]c1cnc2c(NC3CC3)nc(Nc3cc(C#N)cc(CN4CCC5(CC4)COC5)c3Cl)nn12. The van der Waals surface area contributed by atoms with E-state index >= 15 is 0 Å². The van der Waals surface area contributed by atoms with Crippen molar-refractivity contribution < 1.29 is 4.74 Å². The van der Waals surface area contributed by atoms with Gasteiger partial charge >= 0.3 is 0 Å². The van der Waals surface area contributed by atoms with Gasteiger partial charge in [-0.2, -0.15) is 10.2 Å². The zero-order chi connectivity index (χ0) is 24.0. The van der Waals surface area contributed by atoms with E-state index in [1.54, 1.807) is 6.07 Å². The van der Waals surface area contributed by atoms with Crippen LogP contribution in [-0.2, 0) is 11.3 Å². The number of hydrogen-bond acceptors (Lipinski definition) is 8. The molecule has 0 unspecified atom stereocenters. The highest BCUT2D eigenvalue weighted by Crippen LogP contribution is 2.39. The van der Waals surface area contributed by atoms with Gasteiger partial charge in [0.1, 0.15) is 0 Å². The van der Waals surface area contributed by atoms with E-state index in [2.05, 4.69) is 41.5 Å². The summed E-state index contributed by atoms with van der Waals surface area (Å²) in [4.78, 5) is 14.8. The maximum absolute atomic E-state index is 9.65. The minimum absolute atomic E-state index is 0.274. The van der Waals surface area contributed by atoms with Gasteiger partial charge < -0.3 is 20.2 Å². The molecule has 2 N–H and O–H groups in total. The van der Waals surface area contributed by atoms with Crippen LogP contribution in [0.25, 0.3) is 10.5 Å². The number of fused-ring (bicyclic) bond motifs is 1. The van der Waals surface area contributed by atoms with Gasteiger partial charge in [-0.3, -0.25) is 4.90 Å². The van der Waals surface area contributed by atoms with Crippen LogP contribution in [0.3, 0.4) is 0 Å². The van der Waals surface area contributed by atoms with Gasteiger partial charge in [-0.25, -0.2) is 4.98 Å². The topological polar surface area (TPSA) is 108 Å². The standard InChI is InChI=1S/C24H24ClN9O/c1-27-19-11-28-22-21(29-17-2-3-17)31-23(32-34(19)22)30-18-9-15(10-26)8-16(20(18)25)12-33-6-4-24(5-7-33)13-35-14-24/h8-9,11,17H,2-7,12-14H2,(H2,29,30,31,32). The number of benzene rings is 1. The molecule has 2 aliphatic heterocycles. The normalized spacial score (nSPS) is 19.2. The molecule has 0 atom stereocenters. The molecule has 178 valence electrons. The molecule has 0 radical (unpaired) electrons. The van der Waals surface area contributed by atoms with Crippen molar-refractivity contribution in [1.29, 1.82) is 5.26 Å². The highest BCUT2D eigenvalue weighted by molar-refractivity contribution is 6.34. The molecule has 1 aliphatic carbocycles. The Kier molecular flexibility index (Phi) is 5.45. The van der Waals surface area contributed by atoms with Gasteiger partial charge in [0.15, 0.2) is 5.82 Å². The zero-order valence-corrected chi connectivity index (χ0v) is 19.8. The quantitative estimate of drug-likeness (QED) is 0.497. The average molecular weight is 490 g/mol. The summed E-state index contributed by atoms with van der Waals surface area (Å²) in [7, 11) is 0. The van der Waals surface area contributed by atoms with Crippen LogP contribution in [0.5, 0.6) is 0 Å². The Hall–Kier alpha value is -3.44. The van der Waals surface area contributed by atoms with Gasteiger partial charge in [-0.05, 0) is 56.5 Å². The number of nitrogens with one attached hydrogen (secondary N) is 2. The molecule has 2 saturated heterocycles. The van der Waals surface area contributed by atoms with Crippen molar-refractivity contribution in [2.75, 3.05) is 36.9 Å². The molecule has 6 rings (SSSR count). The molecule has 2 aromatic heterocycles. The van der Waals surface area contributed by atoms with Crippen LogP contribution in [-0.4, -0.2) is 56.8 Å². The van der Waals surface area contributed by atoms with Crippen molar-refractivity contribution in [1.82, 2.24) is 24.5 Å². The fourth-order valence-corrected chi connectivity index (χ4v) is 4.91. The van der Waals surface area contributed by atoms with Crippen molar-refractivity contribution in [3.05, 3.63) is 45.9 Å². The van der Waals surface area contributed by atoms with E-state index in [0.717, 1.165) is 57.6 Å². The van der Waals surface area contributed by atoms with E-state index in [1.165, 1.54) is 10.7 Å². The second kappa shape index (κ2) is 8.65. The average Bonchev–Trinajstić information content (AvgIpc) is 3.57. The largest absolute Gasteiger partial charge is 0.380 e. The second-order valence-electron chi connectivity index (χ2n) is 9.67. The zero-order valence-electron chi connectivity index (χ0n) is 19.1. The molecule has 1 saturated carbocycles. The molecule has 0 bridgehead atoms. The fraction of sp³-hybridized carbons (Fsp3) is 0.458. The lowest BCUT2D eigenvalue weighted by atomic mass is 9.77. The van der Waals surface area contributed by atoms with Gasteiger partial charge in [-0.1, -0.05) is 23.3 Å². The molecule has 0 amide bonds. The smallest absolute Gasteiger partial charge is 0.275 e. The van der Waals surface area contributed by atoms with Crippen molar-refractivity contribution in [3.8, 4) is 6.07 Å². The number of nitrogens with zero attached hydrogens (tertiary/aromatic N) is 7. The molecular formula is C24H24ClN9O. The lowest BCUT2D eigenvalue weighted by Crippen LogP contribution is -2.50. The Bertz CT molecular complexity index is 1370. The van der Waals surface area contributed by atoms with Crippen LogP contribution < -0.4 is 10.6 Å². The summed E-state index contributed by atoms with van der Waals surface area (Å²) in [6.07, 6.45) is 5.86. The van der Waals surface area contributed by atoms with Crippen LogP contribution in [0.2, 0.25) is 5.02 Å². The Morgan fingerprint density at radius 3 is 2.74 bits per heavy atom. The first kappa shape index (κ1) is 22.1. The number of hydrogen-bond donors (Lipinski definition) is 2. The molecular weight excluding hydrogens is 466 g/mol. The predicted molar refractivity (Wildman–Crippen MR) is 131 cm³/mol.